The third kappa shape index (κ3) is 2.15. The van der Waals surface area contributed by atoms with Crippen molar-refractivity contribution in [1.29, 1.82) is 0 Å². The molecule has 0 aliphatic carbocycles. The van der Waals surface area contributed by atoms with Crippen molar-refractivity contribution >= 4 is 31.6 Å². The van der Waals surface area contributed by atoms with Crippen LogP contribution in [0.3, 0.4) is 0 Å². The molecule has 0 N–H and O–H groups in total. The van der Waals surface area contributed by atoms with Crippen LogP contribution < -0.4 is 15.0 Å². The number of pyridine rings is 2. The molecular formula is C18H14N2O3S. The molecule has 5 nitrogen and oxygen atoms in total. The molecule has 0 aliphatic rings. The molecule has 4 aromatic rings. The van der Waals surface area contributed by atoms with Crippen molar-refractivity contribution in [2.75, 3.05) is 14.2 Å². The van der Waals surface area contributed by atoms with Crippen LogP contribution in [0.5, 0.6) is 11.5 Å². The number of aromatic nitrogens is 2. The minimum atomic E-state index is -0.0780. The van der Waals surface area contributed by atoms with Gasteiger partial charge in [0.2, 0.25) is 0 Å². The van der Waals surface area contributed by atoms with Crippen molar-refractivity contribution in [2.45, 2.75) is 0 Å². The van der Waals surface area contributed by atoms with Crippen LogP contribution >= 0.6 is 11.3 Å². The second kappa shape index (κ2) is 5.65. The number of hydrogen-bond donors (Lipinski definition) is 0. The Kier molecular flexibility index (Phi) is 3.46. The van der Waals surface area contributed by atoms with Crippen LogP contribution in [0.2, 0.25) is 0 Å². The Labute approximate surface area is 141 Å². The highest BCUT2D eigenvalue weighted by molar-refractivity contribution is 7.25. The minimum Gasteiger partial charge on any atom is -0.497 e. The van der Waals surface area contributed by atoms with Gasteiger partial charge in [-0.25, -0.2) is 4.98 Å². The van der Waals surface area contributed by atoms with Gasteiger partial charge in [0.05, 0.1) is 25.3 Å². The van der Waals surface area contributed by atoms with E-state index in [4.69, 9.17) is 9.47 Å². The van der Waals surface area contributed by atoms with Crippen LogP contribution in [0.25, 0.3) is 26.0 Å². The number of nitrogens with zero attached hydrogens (tertiary/aromatic N) is 2. The largest absolute Gasteiger partial charge is 0.497 e. The molecule has 0 saturated heterocycles. The van der Waals surface area contributed by atoms with E-state index in [0.717, 1.165) is 27.0 Å². The van der Waals surface area contributed by atoms with Gasteiger partial charge in [-0.15, -0.1) is 11.3 Å². The smallest absolute Gasteiger partial charge is 0.273 e. The van der Waals surface area contributed by atoms with Crippen LogP contribution in [-0.4, -0.2) is 23.8 Å². The lowest BCUT2D eigenvalue weighted by Gasteiger charge is -2.07. The molecule has 0 radical (unpaired) electrons. The van der Waals surface area contributed by atoms with Gasteiger partial charge in [0.15, 0.2) is 0 Å². The summed E-state index contributed by atoms with van der Waals surface area (Å²) in [7, 11) is 3.23. The second-order valence-electron chi connectivity index (χ2n) is 5.23. The Hall–Kier alpha value is -2.86. The molecule has 0 saturated carbocycles. The lowest BCUT2D eigenvalue weighted by atomic mass is 10.2. The first kappa shape index (κ1) is 14.7. The van der Waals surface area contributed by atoms with Crippen molar-refractivity contribution in [3.8, 4) is 17.2 Å². The number of rotatable bonds is 3. The molecule has 0 spiro atoms. The molecule has 0 unspecified atom stereocenters. The maximum Gasteiger partial charge on any atom is 0.273 e. The summed E-state index contributed by atoms with van der Waals surface area (Å²) in [6, 6.07) is 11.2. The maximum atomic E-state index is 13.0. The number of ether oxygens (including phenoxy) is 2. The first-order chi connectivity index (χ1) is 11.7. The number of hydrogen-bond acceptors (Lipinski definition) is 5. The summed E-state index contributed by atoms with van der Waals surface area (Å²) in [5.41, 5.74) is 0.685. The fraction of sp³-hybridized carbons (Fsp3) is 0.111. The average molecular weight is 338 g/mol. The summed E-state index contributed by atoms with van der Waals surface area (Å²) in [6.07, 6.45) is 3.47. The molecule has 1 aromatic carbocycles. The quantitative estimate of drug-likeness (QED) is 0.572. The van der Waals surface area contributed by atoms with Crippen LogP contribution in [0.15, 0.2) is 53.6 Å². The molecular weight excluding hydrogens is 324 g/mol. The van der Waals surface area contributed by atoms with Crippen molar-refractivity contribution in [3.63, 3.8) is 0 Å². The van der Waals surface area contributed by atoms with Crippen molar-refractivity contribution in [1.82, 2.24) is 9.55 Å². The zero-order valence-corrected chi connectivity index (χ0v) is 14.0. The fourth-order valence-electron chi connectivity index (χ4n) is 2.79. The zero-order chi connectivity index (χ0) is 16.7. The van der Waals surface area contributed by atoms with E-state index in [1.54, 1.807) is 31.2 Å². The predicted octanol–water partition coefficient (Wildman–Crippen LogP) is 3.62. The molecule has 3 heterocycles. The number of benzene rings is 1. The molecule has 6 heteroatoms. The normalized spacial score (nSPS) is 11.1. The van der Waals surface area contributed by atoms with Gasteiger partial charge in [0, 0.05) is 23.8 Å². The Morgan fingerprint density at radius 3 is 2.79 bits per heavy atom. The van der Waals surface area contributed by atoms with Gasteiger partial charge in [-0.3, -0.25) is 9.36 Å². The topological polar surface area (TPSA) is 53.4 Å². The molecule has 4 rings (SSSR count). The first-order valence-corrected chi connectivity index (χ1v) is 8.16. The van der Waals surface area contributed by atoms with Gasteiger partial charge < -0.3 is 9.47 Å². The van der Waals surface area contributed by atoms with E-state index < -0.39 is 0 Å². The number of thiophene rings is 1. The summed E-state index contributed by atoms with van der Waals surface area (Å²) in [4.78, 5) is 18.1. The van der Waals surface area contributed by atoms with Crippen LogP contribution in [0.1, 0.15) is 0 Å². The SMILES string of the molecule is COc1cccc(-n2ccc3c(sc4nccc(OC)c43)c2=O)c1. The molecule has 120 valence electrons. The third-order valence-corrected chi connectivity index (χ3v) is 5.05. The van der Waals surface area contributed by atoms with E-state index in [-0.39, 0.29) is 5.56 Å². The fourth-order valence-corrected chi connectivity index (χ4v) is 3.88. The van der Waals surface area contributed by atoms with Gasteiger partial charge >= 0.3 is 0 Å². The highest BCUT2D eigenvalue weighted by Crippen LogP contribution is 2.36. The molecule has 0 bridgehead atoms. The summed E-state index contributed by atoms with van der Waals surface area (Å²) in [6.45, 7) is 0. The summed E-state index contributed by atoms with van der Waals surface area (Å²) in [5.74, 6) is 1.43. The number of methoxy groups -OCH3 is 2. The van der Waals surface area contributed by atoms with Gasteiger partial charge in [0.25, 0.3) is 5.56 Å². The molecule has 3 aromatic heterocycles. The third-order valence-electron chi connectivity index (χ3n) is 3.95. The molecule has 24 heavy (non-hydrogen) atoms. The van der Waals surface area contributed by atoms with Crippen LogP contribution in [0.4, 0.5) is 0 Å². The standard InChI is InChI=1S/C18H14N2O3S/c1-22-12-5-3-4-11(10-12)20-9-7-13-15-14(23-2)6-8-19-17(15)24-16(13)18(20)21/h3-10H,1-2H3. The second-order valence-corrected chi connectivity index (χ2v) is 6.23. The van der Waals surface area contributed by atoms with Gasteiger partial charge in [0.1, 0.15) is 21.0 Å². The van der Waals surface area contributed by atoms with Crippen molar-refractivity contribution in [3.05, 3.63) is 59.1 Å². The van der Waals surface area contributed by atoms with Crippen LogP contribution in [0, 0.1) is 0 Å². The average Bonchev–Trinajstić information content (AvgIpc) is 3.02. The van der Waals surface area contributed by atoms with Crippen LogP contribution in [-0.2, 0) is 0 Å². The van der Waals surface area contributed by atoms with Gasteiger partial charge in [-0.2, -0.15) is 0 Å². The molecule has 0 aliphatic heterocycles. The van der Waals surface area contributed by atoms with E-state index in [1.807, 2.05) is 36.4 Å². The van der Waals surface area contributed by atoms with Gasteiger partial charge in [-0.1, -0.05) is 6.07 Å². The van der Waals surface area contributed by atoms with E-state index in [0.29, 0.717) is 10.4 Å². The van der Waals surface area contributed by atoms with Crippen molar-refractivity contribution < 1.29 is 9.47 Å². The Morgan fingerprint density at radius 1 is 1.12 bits per heavy atom. The zero-order valence-electron chi connectivity index (χ0n) is 13.1. The number of fused-ring (bicyclic) bond motifs is 3. The highest BCUT2D eigenvalue weighted by atomic mass is 32.1. The minimum absolute atomic E-state index is 0.0780. The predicted molar refractivity (Wildman–Crippen MR) is 95.8 cm³/mol. The van der Waals surface area contributed by atoms with E-state index in [2.05, 4.69) is 4.98 Å². The summed E-state index contributed by atoms with van der Waals surface area (Å²) >= 11 is 1.38. The molecule has 0 atom stereocenters. The van der Waals surface area contributed by atoms with Crippen molar-refractivity contribution in [2.24, 2.45) is 0 Å². The van der Waals surface area contributed by atoms with Gasteiger partial charge in [-0.05, 0) is 24.3 Å². The van der Waals surface area contributed by atoms with E-state index in [1.165, 1.54) is 11.3 Å². The summed E-state index contributed by atoms with van der Waals surface area (Å²) < 4.78 is 12.9. The highest BCUT2D eigenvalue weighted by Gasteiger charge is 2.15. The van der Waals surface area contributed by atoms with E-state index in [9.17, 15) is 4.79 Å². The lowest BCUT2D eigenvalue weighted by Crippen LogP contribution is -2.16. The van der Waals surface area contributed by atoms with E-state index >= 15 is 0 Å². The first-order valence-electron chi connectivity index (χ1n) is 7.34. The molecule has 0 amide bonds. The Balaban J connectivity index is 2.02. The Bertz CT molecular complexity index is 1110. The lowest BCUT2D eigenvalue weighted by molar-refractivity contribution is 0.414. The summed E-state index contributed by atoms with van der Waals surface area (Å²) in [5, 5.41) is 1.75. The monoisotopic (exact) mass is 338 g/mol. The molecule has 0 fully saturated rings. The Morgan fingerprint density at radius 2 is 2.00 bits per heavy atom. The maximum absolute atomic E-state index is 13.0.